The van der Waals surface area contributed by atoms with Crippen LogP contribution in [-0.4, -0.2) is 16.2 Å². The van der Waals surface area contributed by atoms with Gasteiger partial charge in [0.15, 0.2) is 0 Å². The number of hydrogen-bond donors (Lipinski definition) is 2. The summed E-state index contributed by atoms with van der Waals surface area (Å²) in [5.74, 6) is 2.00. The van der Waals surface area contributed by atoms with Crippen molar-refractivity contribution in [3.63, 3.8) is 0 Å². The van der Waals surface area contributed by atoms with Crippen molar-refractivity contribution in [1.82, 2.24) is 10.2 Å². The number of aromatic nitrogens is 2. The molecule has 1 saturated carbocycles. The van der Waals surface area contributed by atoms with Crippen molar-refractivity contribution in [2.45, 2.75) is 52.1 Å². The largest absolute Gasteiger partial charge is 0.406 e. The van der Waals surface area contributed by atoms with E-state index < -0.39 is 0 Å². The number of nitrogens with two attached hydrogens (primary N) is 1. The topological polar surface area (TPSA) is 77.0 Å². The molecule has 5 heteroatoms. The summed E-state index contributed by atoms with van der Waals surface area (Å²) in [6.07, 6.45) is 3.65. The van der Waals surface area contributed by atoms with Crippen LogP contribution in [0, 0.1) is 11.8 Å². The molecule has 5 nitrogen and oxygen atoms in total. The second-order valence-electron chi connectivity index (χ2n) is 5.49. The van der Waals surface area contributed by atoms with Crippen molar-refractivity contribution in [3.05, 3.63) is 5.89 Å². The van der Waals surface area contributed by atoms with Crippen molar-refractivity contribution < 1.29 is 4.42 Å². The molecule has 0 aromatic carbocycles. The lowest BCUT2D eigenvalue weighted by atomic mass is 9.80. The van der Waals surface area contributed by atoms with Crippen molar-refractivity contribution in [3.8, 4) is 0 Å². The Kier molecular flexibility index (Phi) is 3.66. The van der Waals surface area contributed by atoms with Gasteiger partial charge in [-0.15, -0.1) is 5.10 Å². The summed E-state index contributed by atoms with van der Waals surface area (Å²) in [7, 11) is 0. The highest BCUT2D eigenvalue weighted by Crippen LogP contribution is 2.30. The molecule has 17 heavy (non-hydrogen) atoms. The molecular weight excluding hydrogens is 216 g/mol. The number of anilines is 1. The number of hydrogen-bond acceptors (Lipinski definition) is 5. The molecule has 1 heterocycles. The fourth-order valence-electron chi connectivity index (χ4n) is 2.72. The average Bonchev–Trinajstić information content (AvgIpc) is 2.64. The monoisotopic (exact) mass is 238 g/mol. The number of rotatable bonds is 3. The second kappa shape index (κ2) is 5.04. The second-order valence-corrected chi connectivity index (χ2v) is 5.49. The molecule has 3 N–H and O–H groups in total. The molecule has 1 aliphatic rings. The zero-order valence-corrected chi connectivity index (χ0v) is 10.8. The Morgan fingerprint density at radius 1 is 1.24 bits per heavy atom. The minimum absolute atomic E-state index is 0.206. The van der Waals surface area contributed by atoms with Gasteiger partial charge in [-0.05, 0) is 38.0 Å². The van der Waals surface area contributed by atoms with Crippen molar-refractivity contribution in [2.24, 2.45) is 17.6 Å². The molecule has 0 spiro atoms. The Morgan fingerprint density at radius 3 is 2.41 bits per heavy atom. The van der Waals surface area contributed by atoms with Crippen LogP contribution in [0.2, 0.25) is 0 Å². The van der Waals surface area contributed by atoms with E-state index in [0.29, 0.717) is 17.9 Å². The van der Waals surface area contributed by atoms with E-state index in [1.165, 1.54) is 19.3 Å². The molecule has 0 saturated heterocycles. The summed E-state index contributed by atoms with van der Waals surface area (Å²) in [5, 5.41) is 11.2. The lowest BCUT2D eigenvalue weighted by molar-refractivity contribution is 0.277. The molecule has 0 amide bonds. The Hall–Kier alpha value is -1.10. The van der Waals surface area contributed by atoms with E-state index in [2.05, 4.69) is 29.4 Å². The molecule has 0 aliphatic heterocycles. The van der Waals surface area contributed by atoms with Gasteiger partial charge in [-0.2, -0.15) is 0 Å². The van der Waals surface area contributed by atoms with Crippen LogP contribution in [0.25, 0.3) is 0 Å². The van der Waals surface area contributed by atoms with Gasteiger partial charge in [0.25, 0.3) is 0 Å². The fraction of sp³-hybridized carbons (Fsp3) is 0.833. The van der Waals surface area contributed by atoms with Gasteiger partial charge in [-0.25, -0.2) is 0 Å². The first kappa shape index (κ1) is 12.4. The Labute approximate surface area is 102 Å². The van der Waals surface area contributed by atoms with Crippen LogP contribution in [0.1, 0.15) is 52.0 Å². The summed E-state index contributed by atoms with van der Waals surface area (Å²) in [4.78, 5) is 0. The maximum atomic E-state index is 5.68. The molecular formula is C12H22N4O. The fourth-order valence-corrected chi connectivity index (χ4v) is 2.72. The average molecular weight is 238 g/mol. The molecule has 3 atom stereocenters. The molecule has 1 aromatic heterocycles. The van der Waals surface area contributed by atoms with E-state index in [0.717, 1.165) is 11.8 Å². The Morgan fingerprint density at radius 2 is 1.88 bits per heavy atom. The van der Waals surface area contributed by atoms with Gasteiger partial charge in [0.2, 0.25) is 5.89 Å². The highest BCUT2D eigenvalue weighted by atomic mass is 16.4. The smallest absolute Gasteiger partial charge is 0.315 e. The maximum Gasteiger partial charge on any atom is 0.315 e. The van der Waals surface area contributed by atoms with Crippen molar-refractivity contribution in [2.75, 3.05) is 5.32 Å². The third-order valence-electron chi connectivity index (χ3n) is 3.34. The van der Waals surface area contributed by atoms with Crippen LogP contribution in [-0.2, 0) is 0 Å². The van der Waals surface area contributed by atoms with Gasteiger partial charge in [0.1, 0.15) is 0 Å². The van der Waals surface area contributed by atoms with Crippen molar-refractivity contribution >= 4 is 6.01 Å². The van der Waals surface area contributed by atoms with Crippen LogP contribution < -0.4 is 11.1 Å². The van der Waals surface area contributed by atoms with Gasteiger partial charge < -0.3 is 15.5 Å². The minimum Gasteiger partial charge on any atom is -0.406 e. The molecule has 1 fully saturated rings. The van der Waals surface area contributed by atoms with E-state index in [1.807, 2.05) is 6.92 Å². The zero-order chi connectivity index (χ0) is 12.4. The first-order valence-electron chi connectivity index (χ1n) is 6.40. The molecule has 1 aromatic rings. The van der Waals surface area contributed by atoms with E-state index in [9.17, 15) is 0 Å². The van der Waals surface area contributed by atoms with E-state index in [-0.39, 0.29) is 6.04 Å². The Balaban J connectivity index is 1.95. The third-order valence-corrected chi connectivity index (χ3v) is 3.34. The van der Waals surface area contributed by atoms with Gasteiger partial charge in [0, 0.05) is 6.04 Å². The van der Waals surface area contributed by atoms with Gasteiger partial charge in [-0.3, -0.25) is 0 Å². The highest BCUT2D eigenvalue weighted by Gasteiger charge is 2.25. The Bertz CT molecular complexity index is 353. The highest BCUT2D eigenvalue weighted by molar-refractivity contribution is 5.20. The summed E-state index contributed by atoms with van der Waals surface area (Å²) in [5.41, 5.74) is 5.68. The van der Waals surface area contributed by atoms with Crippen LogP contribution in [0.3, 0.4) is 0 Å². The van der Waals surface area contributed by atoms with Crippen LogP contribution in [0.5, 0.6) is 0 Å². The first-order chi connectivity index (χ1) is 8.04. The van der Waals surface area contributed by atoms with E-state index in [4.69, 9.17) is 10.2 Å². The van der Waals surface area contributed by atoms with Gasteiger partial charge in [0.05, 0.1) is 6.04 Å². The lowest BCUT2D eigenvalue weighted by Crippen LogP contribution is -2.30. The molecule has 96 valence electrons. The van der Waals surface area contributed by atoms with Gasteiger partial charge >= 0.3 is 6.01 Å². The third kappa shape index (κ3) is 3.19. The molecule has 3 unspecified atom stereocenters. The summed E-state index contributed by atoms with van der Waals surface area (Å²) in [6.45, 7) is 6.43. The standard InChI is InChI=1S/C12H22N4O/c1-7-4-8(2)6-10(5-7)14-12-16-15-11(17-12)9(3)13/h7-10H,4-6,13H2,1-3H3,(H,14,16). The van der Waals surface area contributed by atoms with Gasteiger partial charge in [-0.1, -0.05) is 18.9 Å². The van der Waals surface area contributed by atoms with Crippen molar-refractivity contribution in [1.29, 1.82) is 0 Å². The number of nitrogens with zero attached hydrogens (tertiary/aromatic N) is 2. The summed E-state index contributed by atoms with van der Waals surface area (Å²) in [6, 6.07) is 0.737. The quantitative estimate of drug-likeness (QED) is 0.845. The number of nitrogens with one attached hydrogen (secondary N) is 1. The molecule has 2 rings (SSSR count). The SMILES string of the molecule is CC1CC(C)CC(Nc2nnc(C(C)N)o2)C1. The lowest BCUT2D eigenvalue weighted by Gasteiger charge is -2.31. The molecule has 0 radical (unpaired) electrons. The van der Waals surface area contributed by atoms with E-state index in [1.54, 1.807) is 0 Å². The zero-order valence-electron chi connectivity index (χ0n) is 10.8. The predicted octanol–water partition coefficient (Wildman–Crippen LogP) is 2.33. The van der Waals surface area contributed by atoms with E-state index >= 15 is 0 Å². The molecule has 1 aliphatic carbocycles. The molecule has 0 bridgehead atoms. The predicted molar refractivity (Wildman–Crippen MR) is 66.5 cm³/mol. The van der Waals surface area contributed by atoms with Crippen LogP contribution >= 0.6 is 0 Å². The summed E-state index contributed by atoms with van der Waals surface area (Å²) < 4.78 is 5.46. The summed E-state index contributed by atoms with van der Waals surface area (Å²) >= 11 is 0. The first-order valence-corrected chi connectivity index (χ1v) is 6.40. The normalized spacial score (nSPS) is 31.2. The minimum atomic E-state index is -0.206. The van der Waals surface area contributed by atoms with Crippen LogP contribution in [0.4, 0.5) is 6.01 Å². The maximum absolute atomic E-state index is 5.68. The van der Waals surface area contributed by atoms with Crippen LogP contribution in [0.15, 0.2) is 4.42 Å².